The van der Waals surface area contributed by atoms with Crippen LogP contribution in [0.2, 0.25) is 0 Å². The van der Waals surface area contributed by atoms with Gasteiger partial charge in [-0.15, -0.1) is 0 Å². The normalized spacial score (nSPS) is 14.5. The van der Waals surface area contributed by atoms with Gasteiger partial charge in [0.2, 0.25) is 0 Å². The van der Waals surface area contributed by atoms with Crippen molar-refractivity contribution in [2.75, 3.05) is 6.61 Å². The molecule has 0 aromatic heterocycles. The summed E-state index contributed by atoms with van der Waals surface area (Å²) in [6.45, 7) is 9.32. The highest BCUT2D eigenvalue weighted by atomic mass is 16.5. The van der Waals surface area contributed by atoms with Gasteiger partial charge >= 0.3 is 0 Å². The zero-order valence-electron chi connectivity index (χ0n) is 10.8. The van der Waals surface area contributed by atoms with Crippen LogP contribution in [0.5, 0.6) is 5.75 Å². The lowest BCUT2D eigenvalue weighted by Crippen LogP contribution is -2.28. The van der Waals surface area contributed by atoms with Crippen molar-refractivity contribution in [1.29, 1.82) is 0 Å². The third kappa shape index (κ3) is 3.86. The average Bonchev–Trinajstić information content (AvgIpc) is 2.29. The fourth-order valence-electron chi connectivity index (χ4n) is 1.68. The molecule has 0 spiro atoms. The zero-order valence-corrected chi connectivity index (χ0v) is 10.8. The quantitative estimate of drug-likeness (QED) is 0.793. The van der Waals surface area contributed by atoms with Crippen LogP contribution in [0.3, 0.4) is 0 Å². The van der Waals surface area contributed by atoms with Crippen molar-refractivity contribution in [3.63, 3.8) is 0 Å². The van der Waals surface area contributed by atoms with Gasteiger partial charge in [-0.25, -0.2) is 0 Å². The Kier molecular flexibility index (Phi) is 5.33. The van der Waals surface area contributed by atoms with Crippen LogP contribution in [0, 0.1) is 0 Å². The van der Waals surface area contributed by atoms with Gasteiger partial charge in [0.15, 0.2) is 0 Å². The van der Waals surface area contributed by atoms with Gasteiger partial charge in [-0.1, -0.05) is 19.1 Å². The van der Waals surface area contributed by atoms with Crippen molar-refractivity contribution in [2.45, 2.75) is 46.2 Å². The van der Waals surface area contributed by atoms with E-state index in [1.54, 1.807) is 0 Å². The van der Waals surface area contributed by atoms with Gasteiger partial charge in [0.25, 0.3) is 0 Å². The maximum atomic E-state index is 5.50. The summed E-state index contributed by atoms with van der Waals surface area (Å²) >= 11 is 0. The molecule has 0 saturated carbocycles. The molecule has 0 bridgehead atoms. The van der Waals surface area contributed by atoms with E-state index in [0.29, 0.717) is 12.1 Å². The summed E-state index contributed by atoms with van der Waals surface area (Å²) < 4.78 is 5.50. The van der Waals surface area contributed by atoms with E-state index in [9.17, 15) is 0 Å². The van der Waals surface area contributed by atoms with Crippen LogP contribution in [0.4, 0.5) is 0 Å². The van der Waals surface area contributed by atoms with Gasteiger partial charge in [0.1, 0.15) is 5.75 Å². The van der Waals surface area contributed by atoms with Gasteiger partial charge in [-0.2, -0.15) is 0 Å². The molecule has 16 heavy (non-hydrogen) atoms. The average molecular weight is 221 g/mol. The fraction of sp³-hybridized carbons (Fsp3) is 0.571. The Morgan fingerprint density at radius 3 is 2.62 bits per heavy atom. The maximum absolute atomic E-state index is 5.50. The van der Waals surface area contributed by atoms with E-state index in [2.05, 4.69) is 44.3 Å². The van der Waals surface area contributed by atoms with Gasteiger partial charge in [-0.3, -0.25) is 0 Å². The highest BCUT2D eigenvalue weighted by Crippen LogP contribution is 2.19. The number of hydrogen-bond donors (Lipinski definition) is 1. The lowest BCUT2D eigenvalue weighted by atomic mass is 10.1. The molecule has 0 radical (unpaired) electrons. The molecule has 1 N–H and O–H groups in total. The van der Waals surface area contributed by atoms with E-state index in [0.717, 1.165) is 18.8 Å². The van der Waals surface area contributed by atoms with E-state index in [1.807, 2.05) is 13.0 Å². The summed E-state index contributed by atoms with van der Waals surface area (Å²) in [5, 5.41) is 3.56. The monoisotopic (exact) mass is 221 g/mol. The number of nitrogens with one attached hydrogen (secondary N) is 1. The van der Waals surface area contributed by atoms with Crippen molar-refractivity contribution < 1.29 is 4.74 Å². The molecule has 2 atom stereocenters. The Hall–Kier alpha value is -1.02. The van der Waals surface area contributed by atoms with E-state index in [1.165, 1.54) is 5.56 Å². The first kappa shape index (κ1) is 13.0. The SMILES string of the molecule is CCOc1cccc([C@@H](C)N[C@H](C)CC)c1. The second-order valence-electron chi connectivity index (χ2n) is 4.20. The summed E-state index contributed by atoms with van der Waals surface area (Å²) in [4.78, 5) is 0. The van der Waals surface area contributed by atoms with Crippen LogP contribution in [0.1, 0.15) is 45.7 Å². The van der Waals surface area contributed by atoms with Crippen LogP contribution in [0.15, 0.2) is 24.3 Å². The lowest BCUT2D eigenvalue weighted by molar-refractivity contribution is 0.339. The molecule has 0 saturated heterocycles. The smallest absolute Gasteiger partial charge is 0.119 e. The first-order valence-electron chi connectivity index (χ1n) is 6.16. The maximum Gasteiger partial charge on any atom is 0.119 e. The molecule has 1 rings (SSSR count). The Morgan fingerprint density at radius 2 is 2.00 bits per heavy atom. The molecule has 1 aromatic carbocycles. The topological polar surface area (TPSA) is 21.3 Å². The van der Waals surface area contributed by atoms with Crippen LogP contribution < -0.4 is 10.1 Å². The van der Waals surface area contributed by atoms with Crippen molar-refractivity contribution in [3.8, 4) is 5.75 Å². The fourth-order valence-corrected chi connectivity index (χ4v) is 1.68. The van der Waals surface area contributed by atoms with Gasteiger partial charge in [0, 0.05) is 12.1 Å². The molecule has 0 fully saturated rings. The van der Waals surface area contributed by atoms with Gasteiger partial charge in [-0.05, 0) is 44.9 Å². The van der Waals surface area contributed by atoms with Gasteiger partial charge < -0.3 is 10.1 Å². The summed E-state index contributed by atoms with van der Waals surface area (Å²) in [7, 11) is 0. The number of benzene rings is 1. The van der Waals surface area contributed by atoms with Gasteiger partial charge in [0.05, 0.1) is 6.61 Å². The molecule has 0 aliphatic rings. The summed E-state index contributed by atoms with van der Waals surface area (Å²) in [5.74, 6) is 0.956. The lowest BCUT2D eigenvalue weighted by Gasteiger charge is -2.19. The first-order valence-corrected chi connectivity index (χ1v) is 6.16. The Morgan fingerprint density at radius 1 is 1.25 bits per heavy atom. The molecule has 90 valence electrons. The second kappa shape index (κ2) is 6.54. The van der Waals surface area contributed by atoms with Crippen molar-refractivity contribution in [1.82, 2.24) is 5.32 Å². The predicted molar refractivity (Wildman–Crippen MR) is 68.9 cm³/mol. The van der Waals surface area contributed by atoms with Crippen LogP contribution in [-0.4, -0.2) is 12.6 Å². The van der Waals surface area contributed by atoms with Crippen molar-refractivity contribution >= 4 is 0 Å². The van der Waals surface area contributed by atoms with Crippen molar-refractivity contribution in [2.24, 2.45) is 0 Å². The highest BCUT2D eigenvalue weighted by molar-refractivity contribution is 5.30. The standard InChI is InChI=1S/C14H23NO/c1-5-11(3)15-12(4)13-8-7-9-14(10-13)16-6-2/h7-12,15H,5-6H2,1-4H3/t11-,12-/m1/s1. The number of hydrogen-bond acceptors (Lipinski definition) is 2. The van der Waals surface area contributed by atoms with E-state index in [-0.39, 0.29) is 0 Å². The summed E-state index contributed by atoms with van der Waals surface area (Å²) in [5.41, 5.74) is 1.28. The van der Waals surface area contributed by atoms with Crippen LogP contribution >= 0.6 is 0 Å². The predicted octanol–water partition coefficient (Wildman–Crippen LogP) is 3.53. The Labute approximate surface area is 99.0 Å². The third-order valence-corrected chi connectivity index (χ3v) is 2.82. The third-order valence-electron chi connectivity index (χ3n) is 2.82. The highest BCUT2D eigenvalue weighted by Gasteiger charge is 2.08. The summed E-state index contributed by atoms with van der Waals surface area (Å²) in [6, 6.07) is 9.23. The zero-order chi connectivity index (χ0) is 12.0. The second-order valence-corrected chi connectivity index (χ2v) is 4.20. The Bertz CT molecular complexity index is 311. The molecular formula is C14H23NO. The Balaban J connectivity index is 2.67. The molecular weight excluding hydrogens is 198 g/mol. The van der Waals surface area contributed by atoms with Crippen molar-refractivity contribution in [3.05, 3.63) is 29.8 Å². The molecule has 0 aliphatic carbocycles. The molecule has 0 heterocycles. The summed E-state index contributed by atoms with van der Waals surface area (Å²) in [6.07, 6.45) is 1.15. The first-order chi connectivity index (χ1) is 7.67. The van der Waals surface area contributed by atoms with E-state index in [4.69, 9.17) is 4.74 Å². The molecule has 0 amide bonds. The molecule has 2 heteroatoms. The minimum Gasteiger partial charge on any atom is -0.494 e. The van der Waals surface area contributed by atoms with Crippen LogP contribution in [-0.2, 0) is 0 Å². The number of rotatable bonds is 6. The molecule has 0 unspecified atom stereocenters. The minimum absolute atomic E-state index is 0.371. The minimum atomic E-state index is 0.371. The largest absolute Gasteiger partial charge is 0.494 e. The molecule has 1 aromatic rings. The number of ether oxygens (including phenoxy) is 1. The van der Waals surface area contributed by atoms with E-state index < -0.39 is 0 Å². The molecule has 2 nitrogen and oxygen atoms in total. The van der Waals surface area contributed by atoms with E-state index >= 15 is 0 Å². The van der Waals surface area contributed by atoms with Crippen LogP contribution in [0.25, 0.3) is 0 Å². The molecule has 0 aliphatic heterocycles.